The number of nitrogens with one attached hydrogen (secondary N) is 1. The Kier molecular flexibility index (Phi) is 2.82. The van der Waals surface area contributed by atoms with Gasteiger partial charge in [0.15, 0.2) is 0 Å². The summed E-state index contributed by atoms with van der Waals surface area (Å²) < 4.78 is 0. The molecule has 94 valence electrons. The highest BCUT2D eigenvalue weighted by Crippen LogP contribution is 2.24. The molecule has 0 saturated heterocycles. The van der Waals surface area contributed by atoms with E-state index in [0.717, 1.165) is 43.7 Å². The summed E-state index contributed by atoms with van der Waals surface area (Å²) in [6.45, 7) is 4.67. The van der Waals surface area contributed by atoms with E-state index >= 15 is 0 Å². The molecule has 1 N–H and O–H groups in total. The van der Waals surface area contributed by atoms with Crippen molar-refractivity contribution in [2.75, 3.05) is 25.0 Å². The predicted octanol–water partition coefficient (Wildman–Crippen LogP) is 2.45. The molecule has 18 heavy (non-hydrogen) atoms. The third-order valence-electron chi connectivity index (χ3n) is 3.69. The van der Waals surface area contributed by atoms with Crippen LogP contribution in [0.15, 0.2) is 29.8 Å². The quantitative estimate of drug-likeness (QED) is 0.767. The van der Waals surface area contributed by atoms with Gasteiger partial charge < -0.3 is 10.2 Å². The highest BCUT2D eigenvalue weighted by atomic mass is 16.2. The van der Waals surface area contributed by atoms with Crippen LogP contribution in [0.25, 0.3) is 0 Å². The molecule has 0 spiro atoms. The fourth-order valence-electron chi connectivity index (χ4n) is 2.69. The van der Waals surface area contributed by atoms with Crippen molar-refractivity contribution in [3.8, 4) is 0 Å². The zero-order chi connectivity index (χ0) is 12.5. The average Bonchev–Trinajstić information content (AvgIpc) is 2.85. The summed E-state index contributed by atoms with van der Waals surface area (Å²) in [7, 11) is 0. The highest BCUT2D eigenvalue weighted by molar-refractivity contribution is 5.95. The summed E-state index contributed by atoms with van der Waals surface area (Å²) >= 11 is 0. The van der Waals surface area contributed by atoms with E-state index in [1.165, 1.54) is 11.1 Å². The molecule has 3 rings (SSSR count). The minimum atomic E-state index is 0.152. The van der Waals surface area contributed by atoms with Crippen LogP contribution in [-0.2, 0) is 6.42 Å². The van der Waals surface area contributed by atoms with Crippen LogP contribution in [0.2, 0.25) is 0 Å². The first kappa shape index (κ1) is 11.3. The molecule has 0 atom stereocenters. The van der Waals surface area contributed by atoms with Crippen molar-refractivity contribution in [3.63, 3.8) is 0 Å². The lowest BCUT2D eigenvalue weighted by molar-refractivity contribution is 0.0766. The van der Waals surface area contributed by atoms with Crippen LogP contribution < -0.4 is 5.32 Å². The van der Waals surface area contributed by atoms with Gasteiger partial charge in [0.25, 0.3) is 5.91 Å². The lowest BCUT2D eigenvalue weighted by atomic mass is 10.1. The molecule has 1 aromatic carbocycles. The monoisotopic (exact) mass is 242 g/mol. The van der Waals surface area contributed by atoms with Gasteiger partial charge in [0.05, 0.1) is 0 Å². The van der Waals surface area contributed by atoms with Crippen LogP contribution in [-0.4, -0.2) is 30.4 Å². The standard InChI is InChI=1S/C15H18N2O/c1-11-3-2-8-17(10-11)15(18)13-5-4-12-6-7-16-14(12)9-13/h3-5,9,16H,2,6-8,10H2,1H3. The summed E-state index contributed by atoms with van der Waals surface area (Å²) in [5, 5.41) is 3.32. The molecular formula is C15H18N2O. The largest absolute Gasteiger partial charge is 0.384 e. The Morgan fingerprint density at radius 1 is 1.39 bits per heavy atom. The number of nitrogens with zero attached hydrogens (tertiary/aromatic N) is 1. The second kappa shape index (κ2) is 4.48. The molecule has 1 amide bonds. The van der Waals surface area contributed by atoms with Crippen LogP contribution >= 0.6 is 0 Å². The molecule has 0 fully saturated rings. The van der Waals surface area contributed by atoms with Gasteiger partial charge >= 0.3 is 0 Å². The van der Waals surface area contributed by atoms with Crippen LogP contribution in [0.1, 0.15) is 29.3 Å². The molecule has 0 aliphatic carbocycles. The van der Waals surface area contributed by atoms with Crippen molar-refractivity contribution in [1.82, 2.24) is 4.90 Å². The van der Waals surface area contributed by atoms with E-state index < -0.39 is 0 Å². The van der Waals surface area contributed by atoms with Crippen molar-refractivity contribution in [2.24, 2.45) is 0 Å². The summed E-state index contributed by atoms with van der Waals surface area (Å²) in [6.07, 6.45) is 4.25. The second-order valence-electron chi connectivity index (χ2n) is 5.11. The van der Waals surface area contributed by atoms with Crippen molar-refractivity contribution in [3.05, 3.63) is 41.0 Å². The summed E-state index contributed by atoms with van der Waals surface area (Å²) in [4.78, 5) is 14.4. The molecule has 2 aliphatic rings. The van der Waals surface area contributed by atoms with Gasteiger partial charge in [0.1, 0.15) is 0 Å². The molecule has 0 bridgehead atoms. The number of anilines is 1. The molecule has 3 nitrogen and oxygen atoms in total. The Hall–Kier alpha value is -1.77. The number of rotatable bonds is 1. The molecule has 3 heteroatoms. The number of carbonyl (C=O) groups excluding carboxylic acids is 1. The van der Waals surface area contributed by atoms with E-state index in [0.29, 0.717) is 0 Å². The van der Waals surface area contributed by atoms with Crippen molar-refractivity contribution in [1.29, 1.82) is 0 Å². The molecular weight excluding hydrogens is 224 g/mol. The van der Waals surface area contributed by atoms with Gasteiger partial charge in [-0.15, -0.1) is 0 Å². The Balaban J connectivity index is 1.82. The minimum absolute atomic E-state index is 0.152. The first-order chi connectivity index (χ1) is 8.74. The molecule has 0 aromatic heterocycles. The number of hydrogen-bond acceptors (Lipinski definition) is 2. The van der Waals surface area contributed by atoms with Crippen molar-refractivity contribution < 1.29 is 4.79 Å². The topological polar surface area (TPSA) is 32.3 Å². The van der Waals surface area contributed by atoms with Crippen LogP contribution in [0.4, 0.5) is 5.69 Å². The summed E-state index contributed by atoms with van der Waals surface area (Å²) in [5.41, 5.74) is 4.54. The van der Waals surface area contributed by atoms with E-state index in [4.69, 9.17) is 0 Å². The predicted molar refractivity (Wildman–Crippen MR) is 72.9 cm³/mol. The lowest BCUT2D eigenvalue weighted by Gasteiger charge is -2.26. The fraction of sp³-hybridized carbons (Fsp3) is 0.400. The Labute approximate surface area is 107 Å². The third kappa shape index (κ3) is 2.01. The van der Waals surface area contributed by atoms with Gasteiger partial charge in [-0.25, -0.2) is 0 Å². The molecule has 0 radical (unpaired) electrons. The van der Waals surface area contributed by atoms with Crippen molar-refractivity contribution in [2.45, 2.75) is 19.8 Å². The van der Waals surface area contributed by atoms with Crippen LogP contribution in [0.5, 0.6) is 0 Å². The number of benzene rings is 1. The Bertz CT molecular complexity index is 519. The van der Waals surface area contributed by atoms with Gasteiger partial charge in [0, 0.05) is 30.9 Å². The maximum atomic E-state index is 12.4. The van der Waals surface area contributed by atoms with Gasteiger partial charge in [0.2, 0.25) is 0 Å². The zero-order valence-electron chi connectivity index (χ0n) is 10.7. The Morgan fingerprint density at radius 3 is 3.11 bits per heavy atom. The summed E-state index contributed by atoms with van der Waals surface area (Å²) in [5.74, 6) is 0.152. The van der Waals surface area contributed by atoms with E-state index in [-0.39, 0.29) is 5.91 Å². The van der Waals surface area contributed by atoms with Crippen molar-refractivity contribution >= 4 is 11.6 Å². The smallest absolute Gasteiger partial charge is 0.254 e. The lowest BCUT2D eigenvalue weighted by Crippen LogP contribution is -2.35. The van der Waals surface area contributed by atoms with E-state index in [1.54, 1.807) is 0 Å². The highest BCUT2D eigenvalue weighted by Gasteiger charge is 2.20. The number of hydrogen-bond donors (Lipinski definition) is 1. The third-order valence-corrected chi connectivity index (χ3v) is 3.69. The summed E-state index contributed by atoms with van der Waals surface area (Å²) in [6, 6.07) is 6.04. The molecule has 2 heterocycles. The number of carbonyl (C=O) groups is 1. The van der Waals surface area contributed by atoms with Gasteiger partial charge in [-0.1, -0.05) is 17.7 Å². The second-order valence-corrected chi connectivity index (χ2v) is 5.11. The normalized spacial score (nSPS) is 18.1. The maximum absolute atomic E-state index is 12.4. The number of fused-ring (bicyclic) bond motifs is 1. The first-order valence-electron chi connectivity index (χ1n) is 6.56. The molecule has 1 aromatic rings. The van der Waals surface area contributed by atoms with Gasteiger partial charge in [-0.2, -0.15) is 0 Å². The van der Waals surface area contributed by atoms with E-state index in [1.807, 2.05) is 17.0 Å². The van der Waals surface area contributed by atoms with Crippen LogP contribution in [0.3, 0.4) is 0 Å². The van der Waals surface area contributed by atoms with Gasteiger partial charge in [-0.05, 0) is 37.5 Å². The van der Waals surface area contributed by atoms with Gasteiger partial charge in [-0.3, -0.25) is 4.79 Å². The first-order valence-corrected chi connectivity index (χ1v) is 6.56. The average molecular weight is 242 g/mol. The maximum Gasteiger partial charge on any atom is 0.254 e. The molecule has 2 aliphatic heterocycles. The Morgan fingerprint density at radius 2 is 2.28 bits per heavy atom. The molecule has 0 unspecified atom stereocenters. The van der Waals surface area contributed by atoms with Crippen LogP contribution in [0, 0.1) is 0 Å². The molecule has 0 saturated carbocycles. The van der Waals surface area contributed by atoms with E-state index in [9.17, 15) is 4.79 Å². The number of amides is 1. The zero-order valence-corrected chi connectivity index (χ0v) is 10.7. The van der Waals surface area contributed by atoms with E-state index in [2.05, 4.69) is 24.4 Å². The minimum Gasteiger partial charge on any atom is -0.384 e. The SMILES string of the molecule is CC1=CCCN(C(=O)c2ccc3c(c2)NCC3)C1. The fourth-order valence-corrected chi connectivity index (χ4v) is 2.69.